The number of nitrogens with one attached hydrogen (secondary N) is 2. The van der Waals surface area contributed by atoms with E-state index in [0.29, 0.717) is 29.7 Å². The van der Waals surface area contributed by atoms with Crippen LogP contribution in [0.4, 0.5) is 5.82 Å². The molecule has 0 radical (unpaired) electrons. The Morgan fingerprint density at radius 3 is 2.76 bits per heavy atom. The molecule has 1 aromatic carbocycles. The molecule has 8 nitrogen and oxygen atoms in total. The third-order valence-corrected chi connectivity index (χ3v) is 4.23. The van der Waals surface area contributed by atoms with Crippen molar-refractivity contribution in [3.63, 3.8) is 0 Å². The summed E-state index contributed by atoms with van der Waals surface area (Å²) in [5.41, 5.74) is 1.32. The number of nitrogens with zero attached hydrogens (tertiary/aromatic N) is 5. The van der Waals surface area contributed by atoms with E-state index in [-0.39, 0.29) is 5.56 Å². The molecule has 0 saturated carbocycles. The van der Waals surface area contributed by atoms with Crippen LogP contribution >= 0.6 is 15.9 Å². The van der Waals surface area contributed by atoms with E-state index < -0.39 is 0 Å². The number of hydrogen-bond acceptors (Lipinski definition) is 5. The maximum absolute atomic E-state index is 12.3. The monoisotopic (exact) mass is 399 g/mol. The SMILES string of the molecule is Cn1cc(Br)c(NCc2cc(=O)n3nc(-c4ccccc4)nc3[nH]2)n1. The lowest BCUT2D eigenvalue weighted by Gasteiger charge is -2.04. The summed E-state index contributed by atoms with van der Waals surface area (Å²) in [6.07, 6.45) is 1.85. The van der Waals surface area contributed by atoms with Crippen molar-refractivity contribution >= 4 is 27.5 Å². The summed E-state index contributed by atoms with van der Waals surface area (Å²) in [6.45, 7) is 0.412. The molecule has 0 atom stereocenters. The van der Waals surface area contributed by atoms with Crippen LogP contribution in [0.3, 0.4) is 0 Å². The van der Waals surface area contributed by atoms with Crippen molar-refractivity contribution in [3.05, 3.63) is 63.1 Å². The van der Waals surface area contributed by atoms with Crippen molar-refractivity contribution < 1.29 is 0 Å². The highest BCUT2D eigenvalue weighted by atomic mass is 79.9. The number of benzene rings is 1. The van der Waals surface area contributed by atoms with Gasteiger partial charge in [0.15, 0.2) is 11.6 Å². The Bertz CT molecular complexity index is 1100. The molecule has 0 aliphatic carbocycles. The molecular weight excluding hydrogens is 386 g/mol. The van der Waals surface area contributed by atoms with Gasteiger partial charge in [0.2, 0.25) is 5.78 Å². The molecule has 3 aromatic heterocycles. The molecule has 0 bridgehead atoms. The van der Waals surface area contributed by atoms with Gasteiger partial charge in [0, 0.05) is 30.6 Å². The highest BCUT2D eigenvalue weighted by Crippen LogP contribution is 2.20. The van der Waals surface area contributed by atoms with Gasteiger partial charge < -0.3 is 10.3 Å². The number of halogens is 1. The fourth-order valence-corrected chi connectivity index (χ4v) is 3.02. The molecule has 4 aromatic rings. The molecule has 0 aliphatic rings. The lowest BCUT2D eigenvalue weighted by molar-refractivity contribution is 0.767. The first-order valence-electron chi connectivity index (χ1n) is 7.57. The maximum Gasteiger partial charge on any atom is 0.275 e. The first-order valence-corrected chi connectivity index (χ1v) is 8.37. The van der Waals surface area contributed by atoms with Crippen molar-refractivity contribution in [1.29, 1.82) is 0 Å². The average Bonchev–Trinajstić information content (AvgIpc) is 3.17. The summed E-state index contributed by atoms with van der Waals surface area (Å²) in [4.78, 5) is 19.9. The zero-order valence-electron chi connectivity index (χ0n) is 13.3. The van der Waals surface area contributed by atoms with E-state index in [1.54, 1.807) is 4.68 Å². The predicted octanol–water partition coefficient (Wildman–Crippen LogP) is 2.19. The molecule has 9 heteroatoms. The minimum Gasteiger partial charge on any atom is -0.362 e. The molecule has 0 fully saturated rings. The number of aromatic amines is 1. The van der Waals surface area contributed by atoms with Crippen LogP contribution < -0.4 is 10.9 Å². The lowest BCUT2D eigenvalue weighted by atomic mass is 10.2. The Hall–Kier alpha value is -2.94. The first kappa shape index (κ1) is 15.6. The van der Waals surface area contributed by atoms with Crippen molar-refractivity contribution in [2.75, 3.05) is 5.32 Å². The lowest BCUT2D eigenvalue weighted by Crippen LogP contribution is -2.17. The van der Waals surface area contributed by atoms with Gasteiger partial charge in [-0.15, -0.1) is 5.10 Å². The van der Waals surface area contributed by atoms with Crippen LogP contribution in [-0.4, -0.2) is 29.4 Å². The third-order valence-electron chi connectivity index (χ3n) is 3.65. The molecule has 126 valence electrons. The smallest absolute Gasteiger partial charge is 0.275 e. The Morgan fingerprint density at radius 2 is 2.04 bits per heavy atom. The van der Waals surface area contributed by atoms with E-state index in [2.05, 4.69) is 41.4 Å². The Morgan fingerprint density at radius 1 is 1.24 bits per heavy atom. The number of aryl methyl sites for hydroxylation is 1. The summed E-state index contributed by atoms with van der Waals surface area (Å²) in [7, 11) is 1.84. The number of hydrogen-bond donors (Lipinski definition) is 2. The molecule has 4 rings (SSSR count). The Labute approximate surface area is 150 Å². The van der Waals surface area contributed by atoms with Crippen LogP contribution in [-0.2, 0) is 13.6 Å². The fraction of sp³-hybridized carbons (Fsp3) is 0.125. The zero-order chi connectivity index (χ0) is 17.4. The van der Waals surface area contributed by atoms with E-state index in [1.165, 1.54) is 10.6 Å². The standard InChI is InChI=1S/C16H14BrN7O/c1-23-9-12(17)15(21-23)18-8-11-7-13(25)24-16(19-11)20-14(22-24)10-5-3-2-4-6-10/h2-7,9H,8H2,1H3,(H,18,21)(H,19,20,22). The number of H-pyrrole nitrogens is 1. The van der Waals surface area contributed by atoms with E-state index >= 15 is 0 Å². The second-order valence-electron chi connectivity index (χ2n) is 5.52. The Kier molecular flexibility index (Phi) is 3.85. The van der Waals surface area contributed by atoms with Crippen LogP contribution in [0.1, 0.15) is 5.69 Å². The van der Waals surface area contributed by atoms with Gasteiger partial charge in [0.1, 0.15) is 0 Å². The highest BCUT2D eigenvalue weighted by molar-refractivity contribution is 9.10. The van der Waals surface area contributed by atoms with Gasteiger partial charge in [-0.1, -0.05) is 30.3 Å². The topological polar surface area (TPSA) is 92.9 Å². The van der Waals surface area contributed by atoms with Gasteiger partial charge >= 0.3 is 0 Å². The van der Waals surface area contributed by atoms with Crippen molar-refractivity contribution in [2.24, 2.45) is 7.05 Å². The van der Waals surface area contributed by atoms with Crippen molar-refractivity contribution in [1.82, 2.24) is 29.4 Å². The Balaban J connectivity index is 1.65. The number of anilines is 1. The van der Waals surface area contributed by atoms with E-state index in [0.717, 1.165) is 10.0 Å². The molecule has 0 aliphatic heterocycles. The molecule has 0 spiro atoms. The van der Waals surface area contributed by atoms with Crippen molar-refractivity contribution in [2.45, 2.75) is 6.54 Å². The van der Waals surface area contributed by atoms with Crippen LogP contribution in [0.25, 0.3) is 17.2 Å². The molecule has 25 heavy (non-hydrogen) atoms. The van der Waals surface area contributed by atoms with Gasteiger partial charge in [-0.3, -0.25) is 9.48 Å². The molecule has 2 N–H and O–H groups in total. The van der Waals surface area contributed by atoms with Gasteiger partial charge in [0.25, 0.3) is 5.56 Å². The number of aromatic nitrogens is 6. The van der Waals surface area contributed by atoms with E-state index in [1.807, 2.05) is 43.6 Å². The quantitative estimate of drug-likeness (QED) is 0.548. The molecular formula is C16H14BrN7O. The summed E-state index contributed by atoms with van der Waals surface area (Å²) in [5, 5.41) is 11.7. The molecule has 3 heterocycles. The maximum atomic E-state index is 12.3. The minimum absolute atomic E-state index is 0.236. The van der Waals surface area contributed by atoms with Gasteiger partial charge in [-0.25, -0.2) is 0 Å². The van der Waals surface area contributed by atoms with Crippen LogP contribution in [0.15, 0.2) is 51.9 Å². The minimum atomic E-state index is -0.236. The van der Waals surface area contributed by atoms with E-state index in [9.17, 15) is 4.79 Å². The van der Waals surface area contributed by atoms with Crippen LogP contribution in [0.2, 0.25) is 0 Å². The number of fused-ring (bicyclic) bond motifs is 1. The van der Waals surface area contributed by atoms with Crippen LogP contribution in [0, 0.1) is 0 Å². The predicted molar refractivity (Wildman–Crippen MR) is 97.3 cm³/mol. The molecule has 0 saturated heterocycles. The average molecular weight is 400 g/mol. The summed E-state index contributed by atoms with van der Waals surface area (Å²) in [6, 6.07) is 11.0. The highest BCUT2D eigenvalue weighted by Gasteiger charge is 2.10. The second kappa shape index (κ2) is 6.17. The van der Waals surface area contributed by atoms with Gasteiger partial charge in [0.05, 0.1) is 11.0 Å². The summed E-state index contributed by atoms with van der Waals surface area (Å²) in [5.74, 6) is 1.62. The fourth-order valence-electron chi connectivity index (χ4n) is 2.50. The normalized spacial score (nSPS) is 11.1. The zero-order valence-corrected chi connectivity index (χ0v) is 14.9. The number of rotatable bonds is 4. The van der Waals surface area contributed by atoms with Crippen molar-refractivity contribution in [3.8, 4) is 11.4 Å². The van der Waals surface area contributed by atoms with Gasteiger partial charge in [-0.2, -0.15) is 14.6 Å². The van der Waals surface area contributed by atoms with Gasteiger partial charge in [-0.05, 0) is 15.9 Å². The third kappa shape index (κ3) is 3.05. The molecule has 0 unspecified atom stereocenters. The molecule has 0 amide bonds. The first-order chi connectivity index (χ1) is 12.1. The largest absolute Gasteiger partial charge is 0.362 e. The summed E-state index contributed by atoms with van der Waals surface area (Å²) < 4.78 is 3.82. The summed E-state index contributed by atoms with van der Waals surface area (Å²) >= 11 is 3.43. The second-order valence-corrected chi connectivity index (χ2v) is 6.38. The van der Waals surface area contributed by atoms with Crippen LogP contribution in [0.5, 0.6) is 0 Å². The van der Waals surface area contributed by atoms with E-state index in [4.69, 9.17) is 0 Å².